The van der Waals surface area contributed by atoms with Crippen molar-refractivity contribution in [1.82, 2.24) is 15.5 Å². The number of amides is 3. The molecule has 10 nitrogen and oxygen atoms in total. The highest BCUT2D eigenvalue weighted by atomic mass is 35.5. The topological polar surface area (TPSA) is 123 Å². The van der Waals surface area contributed by atoms with Gasteiger partial charge in [-0.3, -0.25) is 14.4 Å². The Hall–Kier alpha value is -3.63. The molecule has 202 valence electrons. The second-order valence-corrected chi connectivity index (χ2v) is 9.82. The van der Waals surface area contributed by atoms with Gasteiger partial charge in [-0.25, -0.2) is 4.79 Å². The summed E-state index contributed by atoms with van der Waals surface area (Å²) in [5.74, 6) is -1.10. The third kappa shape index (κ3) is 6.62. The molecular formula is C27H30ClN3O7. The summed E-state index contributed by atoms with van der Waals surface area (Å²) in [5.41, 5.74) is 0.987. The second-order valence-electron chi connectivity index (χ2n) is 9.39. The van der Waals surface area contributed by atoms with E-state index in [9.17, 15) is 19.2 Å². The minimum Gasteiger partial charge on any atom is -0.484 e. The number of nitrogens with one attached hydrogen (secondary N) is 2. The van der Waals surface area contributed by atoms with Crippen LogP contribution in [0.5, 0.6) is 5.75 Å². The maximum atomic E-state index is 13.5. The molecule has 4 rings (SSSR count). The van der Waals surface area contributed by atoms with E-state index in [1.165, 1.54) is 14.0 Å². The van der Waals surface area contributed by atoms with Crippen LogP contribution in [-0.4, -0.2) is 74.7 Å². The molecule has 0 saturated carbocycles. The molecule has 0 aromatic heterocycles. The van der Waals surface area contributed by atoms with Crippen LogP contribution < -0.4 is 15.4 Å². The highest BCUT2D eigenvalue weighted by molar-refractivity contribution is 6.30. The number of piperidine rings is 1. The van der Waals surface area contributed by atoms with Crippen LogP contribution in [0.3, 0.4) is 0 Å². The molecule has 0 aliphatic carbocycles. The summed E-state index contributed by atoms with van der Waals surface area (Å²) in [6.07, 6.45) is 0. The van der Waals surface area contributed by atoms with E-state index in [0.29, 0.717) is 48.2 Å². The number of ether oxygens (including phenoxy) is 3. The number of benzene rings is 2. The minimum absolute atomic E-state index is 0.118. The number of likely N-dealkylation sites (tertiary alicyclic amines) is 1. The summed E-state index contributed by atoms with van der Waals surface area (Å²) >= 11 is 6.13. The quantitative estimate of drug-likeness (QED) is 0.488. The van der Waals surface area contributed by atoms with Crippen LogP contribution in [0.1, 0.15) is 28.9 Å². The average Bonchev–Trinajstić information content (AvgIpc) is 2.89. The Balaban J connectivity index is 1.37. The van der Waals surface area contributed by atoms with Gasteiger partial charge in [0.15, 0.2) is 6.61 Å². The largest absolute Gasteiger partial charge is 0.484 e. The van der Waals surface area contributed by atoms with Crippen LogP contribution in [-0.2, 0) is 23.9 Å². The van der Waals surface area contributed by atoms with E-state index >= 15 is 0 Å². The molecule has 11 heteroatoms. The van der Waals surface area contributed by atoms with E-state index in [-0.39, 0.29) is 42.2 Å². The first-order chi connectivity index (χ1) is 18.2. The molecule has 2 unspecified atom stereocenters. The summed E-state index contributed by atoms with van der Waals surface area (Å²) in [5, 5.41) is 6.26. The number of hydrogen-bond acceptors (Lipinski definition) is 7. The molecule has 2 aliphatic rings. The molecule has 2 bridgehead atoms. The van der Waals surface area contributed by atoms with Crippen molar-refractivity contribution in [3.63, 3.8) is 0 Å². The molecule has 0 spiro atoms. The number of carbonyl (C=O) groups excluding carboxylic acids is 4. The van der Waals surface area contributed by atoms with Crippen molar-refractivity contribution in [2.45, 2.75) is 19.0 Å². The molecule has 3 amide bonds. The normalized spacial score (nSPS) is 21.1. The smallest absolute Gasteiger partial charge is 0.337 e. The van der Waals surface area contributed by atoms with Gasteiger partial charge < -0.3 is 29.7 Å². The highest BCUT2D eigenvalue weighted by Gasteiger charge is 2.43. The van der Waals surface area contributed by atoms with Crippen molar-refractivity contribution in [2.24, 2.45) is 11.8 Å². The highest BCUT2D eigenvalue weighted by Crippen LogP contribution is 2.30. The van der Waals surface area contributed by atoms with E-state index in [0.717, 1.165) is 0 Å². The standard InChI is InChI=1S/C27H30ClN3O7/c1-16(32)29-25(18-4-3-5-21(28)10-18)26(34)31-11-19-13-37-14-20(12-31)24(19)30-23(33)15-38-22-8-6-17(7-9-22)27(35)36-2/h3-10,19-20,24-25H,11-15H2,1-2H3,(H,29,32)(H,30,33)/t19-,20?,24?,25+/m0/s1. The maximum Gasteiger partial charge on any atom is 0.337 e. The third-order valence-electron chi connectivity index (χ3n) is 6.65. The van der Waals surface area contributed by atoms with E-state index in [1.807, 2.05) is 0 Å². The predicted molar refractivity (Wildman–Crippen MR) is 138 cm³/mol. The van der Waals surface area contributed by atoms with Crippen LogP contribution in [0.25, 0.3) is 0 Å². The summed E-state index contributed by atoms with van der Waals surface area (Å²) in [6, 6.07) is 12.1. The summed E-state index contributed by atoms with van der Waals surface area (Å²) in [7, 11) is 1.30. The van der Waals surface area contributed by atoms with Gasteiger partial charge in [0.05, 0.1) is 25.9 Å². The van der Waals surface area contributed by atoms with Gasteiger partial charge >= 0.3 is 5.97 Å². The first kappa shape index (κ1) is 27.4. The molecule has 2 saturated heterocycles. The van der Waals surface area contributed by atoms with Crippen molar-refractivity contribution in [3.05, 3.63) is 64.7 Å². The van der Waals surface area contributed by atoms with Crippen molar-refractivity contribution < 1.29 is 33.4 Å². The molecule has 4 atom stereocenters. The zero-order valence-corrected chi connectivity index (χ0v) is 21.9. The Bertz CT molecular complexity index is 1180. The fourth-order valence-corrected chi connectivity index (χ4v) is 5.09. The van der Waals surface area contributed by atoms with Gasteiger partial charge in [-0.05, 0) is 42.0 Å². The lowest BCUT2D eigenvalue weighted by atomic mass is 9.82. The first-order valence-electron chi connectivity index (χ1n) is 12.2. The number of hydrogen-bond donors (Lipinski definition) is 2. The van der Waals surface area contributed by atoms with Gasteiger partial charge in [0, 0.05) is 42.9 Å². The lowest BCUT2D eigenvalue weighted by molar-refractivity contribution is -0.145. The van der Waals surface area contributed by atoms with E-state index in [1.54, 1.807) is 53.4 Å². The number of fused-ring (bicyclic) bond motifs is 2. The van der Waals surface area contributed by atoms with Crippen LogP contribution in [0.2, 0.25) is 5.02 Å². The van der Waals surface area contributed by atoms with Gasteiger partial charge in [-0.15, -0.1) is 0 Å². The van der Waals surface area contributed by atoms with E-state index in [2.05, 4.69) is 15.4 Å². The molecule has 2 N–H and O–H groups in total. The van der Waals surface area contributed by atoms with Crippen molar-refractivity contribution in [2.75, 3.05) is 40.0 Å². The second kappa shape index (κ2) is 12.3. The Kier molecular flexibility index (Phi) is 8.85. The van der Waals surface area contributed by atoms with Gasteiger partial charge in [0.2, 0.25) is 11.8 Å². The van der Waals surface area contributed by atoms with Gasteiger partial charge in [-0.2, -0.15) is 0 Å². The van der Waals surface area contributed by atoms with Gasteiger partial charge in [-0.1, -0.05) is 23.7 Å². The third-order valence-corrected chi connectivity index (χ3v) is 6.89. The fourth-order valence-electron chi connectivity index (χ4n) is 4.89. The van der Waals surface area contributed by atoms with Gasteiger partial charge in [0.25, 0.3) is 5.91 Å². The molecule has 2 aromatic carbocycles. The number of nitrogens with zero attached hydrogens (tertiary/aromatic N) is 1. The number of carbonyl (C=O) groups is 4. The Morgan fingerprint density at radius 1 is 1.08 bits per heavy atom. The minimum atomic E-state index is -0.863. The van der Waals surface area contributed by atoms with E-state index < -0.39 is 12.0 Å². The molecule has 38 heavy (non-hydrogen) atoms. The number of halogens is 1. The molecular weight excluding hydrogens is 514 g/mol. The maximum absolute atomic E-state index is 13.5. The van der Waals surface area contributed by atoms with Crippen LogP contribution in [0.4, 0.5) is 0 Å². The predicted octanol–water partition coefficient (Wildman–Crippen LogP) is 1.97. The lowest BCUT2D eigenvalue weighted by Gasteiger charge is -2.47. The van der Waals surface area contributed by atoms with E-state index in [4.69, 9.17) is 21.1 Å². The van der Waals surface area contributed by atoms with Gasteiger partial charge in [0.1, 0.15) is 11.8 Å². The Morgan fingerprint density at radius 3 is 2.37 bits per heavy atom. The van der Waals surface area contributed by atoms with Crippen molar-refractivity contribution in [3.8, 4) is 5.75 Å². The molecule has 0 radical (unpaired) electrons. The van der Waals surface area contributed by atoms with Crippen LogP contribution in [0.15, 0.2) is 48.5 Å². The number of rotatable bonds is 8. The zero-order chi connectivity index (χ0) is 27.2. The molecule has 2 heterocycles. The summed E-state index contributed by atoms with van der Waals surface area (Å²) < 4.78 is 16.0. The SMILES string of the molecule is COC(=O)c1ccc(OCC(=O)NC2C3COC[C@@H]2CN(C(=O)[C@H](NC(C)=O)c2cccc(Cl)c2)C3)cc1. The van der Waals surface area contributed by atoms with Crippen LogP contribution >= 0.6 is 11.6 Å². The first-order valence-corrected chi connectivity index (χ1v) is 12.6. The number of methoxy groups -OCH3 is 1. The molecule has 2 aromatic rings. The number of esters is 1. The van der Waals surface area contributed by atoms with Crippen LogP contribution in [0, 0.1) is 11.8 Å². The van der Waals surface area contributed by atoms with Crippen molar-refractivity contribution in [1.29, 1.82) is 0 Å². The monoisotopic (exact) mass is 543 g/mol. The average molecular weight is 544 g/mol. The molecule has 2 fully saturated rings. The summed E-state index contributed by atoms with van der Waals surface area (Å²) in [4.78, 5) is 51.4. The summed E-state index contributed by atoms with van der Waals surface area (Å²) in [6.45, 7) is 2.69. The molecule has 2 aliphatic heterocycles. The lowest BCUT2D eigenvalue weighted by Crippen LogP contribution is -2.63. The Labute approximate surface area is 225 Å². The fraction of sp³-hybridized carbons (Fsp3) is 0.407. The Morgan fingerprint density at radius 2 is 1.76 bits per heavy atom. The zero-order valence-electron chi connectivity index (χ0n) is 21.1. The van der Waals surface area contributed by atoms with Crippen molar-refractivity contribution >= 4 is 35.3 Å².